The molecule has 124 valence electrons. The van der Waals surface area contributed by atoms with Crippen LogP contribution < -0.4 is 10.6 Å². The molecule has 1 aromatic heterocycles. The van der Waals surface area contributed by atoms with Crippen LogP contribution in [0, 0.1) is 0 Å². The molecule has 2 heterocycles. The van der Waals surface area contributed by atoms with Crippen LogP contribution in [0.15, 0.2) is 60.9 Å². The molecule has 0 spiro atoms. The first-order chi connectivity index (χ1) is 12.2. The number of nitrogens with zero attached hydrogens (tertiary/aromatic N) is 2. The maximum absolute atomic E-state index is 11.5. The number of aromatic nitrogens is 2. The molecule has 0 aliphatic carbocycles. The normalized spacial score (nSPS) is 13.9. The van der Waals surface area contributed by atoms with E-state index >= 15 is 0 Å². The van der Waals surface area contributed by atoms with Crippen LogP contribution in [0.3, 0.4) is 0 Å². The van der Waals surface area contributed by atoms with E-state index in [0.717, 1.165) is 22.4 Å². The first-order valence-corrected chi connectivity index (χ1v) is 8.26. The molecule has 0 radical (unpaired) electrons. The minimum Gasteiger partial charge on any atom is -0.348 e. The van der Waals surface area contributed by atoms with E-state index in [9.17, 15) is 4.79 Å². The van der Waals surface area contributed by atoms with Crippen molar-refractivity contribution in [2.75, 3.05) is 10.6 Å². The third-order valence-corrected chi connectivity index (χ3v) is 4.37. The summed E-state index contributed by atoms with van der Waals surface area (Å²) < 4.78 is 0. The Labute approximate surface area is 146 Å². The zero-order valence-electron chi connectivity index (χ0n) is 13.9. The second-order valence-electron chi connectivity index (χ2n) is 6.17. The lowest BCUT2D eigenvalue weighted by molar-refractivity contribution is -0.115. The molecule has 5 nitrogen and oxygen atoms in total. The number of hydrogen-bond donors (Lipinski definition) is 2. The van der Waals surface area contributed by atoms with Gasteiger partial charge in [0.2, 0.25) is 11.9 Å². The summed E-state index contributed by atoms with van der Waals surface area (Å²) in [4.78, 5) is 20.3. The zero-order chi connectivity index (χ0) is 17.2. The molecule has 0 saturated carbocycles. The molecule has 2 aromatic carbocycles. The summed E-state index contributed by atoms with van der Waals surface area (Å²) in [5.41, 5.74) is 5.00. The monoisotopic (exact) mass is 330 g/mol. The van der Waals surface area contributed by atoms with Crippen LogP contribution in [-0.2, 0) is 11.2 Å². The van der Waals surface area contributed by atoms with Crippen molar-refractivity contribution in [2.45, 2.75) is 19.4 Å². The molecule has 2 N–H and O–H groups in total. The topological polar surface area (TPSA) is 66.9 Å². The Balaban J connectivity index is 1.51. The van der Waals surface area contributed by atoms with E-state index in [1.807, 2.05) is 36.4 Å². The van der Waals surface area contributed by atoms with E-state index in [1.165, 1.54) is 5.56 Å². The highest BCUT2D eigenvalue weighted by Gasteiger charge is 2.17. The van der Waals surface area contributed by atoms with Crippen LogP contribution in [0.5, 0.6) is 0 Å². The van der Waals surface area contributed by atoms with Gasteiger partial charge in [-0.2, -0.15) is 0 Å². The third kappa shape index (κ3) is 3.21. The summed E-state index contributed by atoms with van der Waals surface area (Å²) in [6.45, 7) is 2.08. The van der Waals surface area contributed by atoms with Gasteiger partial charge in [0.25, 0.3) is 0 Å². The molecule has 0 unspecified atom stereocenters. The lowest BCUT2D eigenvalue weighted by Gasteiger charge is -2.14. The molecule has 1 atom stereocenters. The van der Waals surface area contributed by atoms with E-state index in [4.69, 9.17) is 0 Å². The van der Waals surface area contributed by atoms with Gasteiger partial charge in [-0.15, -0.1) is 0 Å². The second-order valence-corrected chi connectivity index (χ2v) is 6.17. The number of amides is 1. The summed E-state index contributed by atoms with van der Waals surface area (Å²) in [7, 11) is 0. The van der Waals surface area contributed by atoms with Gasteiger partial charge in [0.05, 0.1) is 12.5 Å². The minimum atomic E-state index is 0.0397. The molecule has 1 aliphatic rings. The molecule has 25 heavy (non-hydrogen) atoms. The summed E-state index contributed by atoms with van der Waals surface area (Å²) in [6, 6.07) is 16.3. The summed E-state index contributed by atoms with van der Waals surface area (Å²) in [6.07, 6.45) is 4.05. The lowest BCUT2D eigenvalue weighted by Crippen LogP contribution is -2.09. The molecular weight excluding hydrogens is 312 g/mol. The van der Waals surface area contributed by atoms with Gasteiger partial charge in [-0.05, 0) is 29.7 Å². The van der Waals surface area contributed by atoms with Crippen LogP contribution in [-0.4, -0.2) is 15.9 Å². The fourth-order valence-electron chi connectivity index (χ4n) is 2.96. The van der Waals surface area contributed by atoms with Crippen molar-refractivity contribution in [3.05, 3.63) is 72.1 Å². The van der Waals surface area contributed by atoms with Crippen molar-refractivity contribution in [3.8, 4) is 11.1 Å². The number of hydrogen-bond acceptors (Lipinski definition) is 4. The standard InChI is InChI=1S/C20H18N4O/c1-13(14-5-3-2-4-6-14)23-20-21-11-17(12-22-20)15-7-8-16-10-19(25)24-18(16)9-15/h2-9,11-13H,10H2,1H3,(H,24,25)(H,21,22,23)/t13-/m1/s1. The molecule has 4 rings (SSSR count). The van der Waals surface area contributed by atoms with Gasteiger partial charge in [0.15, 0.2) is 0 Å². The number of fused-ring (bicyclic) bond motifs is 1. The van der Waals surface area contributed by atoms with Gasteiger partial charge in [-0.3, -0.25) is 4.79 Å². The van der Waals surface area contributed by atoms with Gasteiger partial charge >= 0.3 is 0 Å². The average Bonchev–Trinajstić information content (AvgIpc) is 3.02. The number of benzene rings is 2. The predicted octanol–water partition coefficient (Wildman–Crippen LogP) is 3.81. The highest BCUT2D eigenvalue weighted by molar-refractivity contribution is 5.99. The number of carbonyl (C=O) groups excluding carboxylic acids is 1. The Hall–Kier alpha value is -3.21. The average molecular weight is 330 g/mol. The van der Waals surface area contributed by atoms with E-state index < -0.39 is 0 Å². The number of anilines is 2. The summed E-state index contributed by atoms with van der Waals surface area (Å²) in [5.74, 6) is 0.632. The van der Waals surface area contributed by atoms with Gasteiger partial charge in [0.1, 0.15) is 0 Å². The minimum absolute atomic E-state index is 0.0397. The van der Waals surface area contributed by atoms with Crippen molar-refractivity contribution in [2.24, 2.45) is 0 Å². The van der Waals surface area contributed by atoms with Crippen LogP contribution in [0.25, 0.3) is 11.1 Å². The number of rotatable bonds is 4. The second kappa shape index (κ2) is 6.36. The van der Waals surface area contributed by atoms with Crippen LogP contribution in [0.4, 0.5) is 11.6 Å². The molecule has 0 bridgehead atoms. The molecule has 1 aliphatic heterocycles. The SMILES string of the molecule is C[C@@H](Nc1ncc(-c2ccc3c(c2)NC(=O)C3)cn1)c1ccccc1. The fraction of sp³-hybridized carbons (Fsp3) is 0.150. The predicted molar refractivity (Wildman–Crippen MR) is 98.3 cm³/mol. The van der Waals surface area contributed by atoms with Crippen molar-refractivity contribution >= 4 is 17.5 Å². The fourth-order valence-corrected chi connectivity index (χ4v) is 2.96. The highest BCUT2D eigenvalue weighted by atomic mass is 16.1. The quantitative estimate of drug-likeness (QED) is 0.763. The molecule has 5 heteroatoms. The van der Waals surface area contributed by atoms with Crippen molar-refractivity contribution in [3.63, 3.8) is 0 Å². The molecule has 3 aromatic rings. The van der Waals surface area contributed by atoms with E-state index in [0.29, 0.717) is 12.4 Å². The van der Waals surface area contributed by atoms with Crippen LogP contribution in [0.1, 0.15) is 24.1 Å². The van der Waals surface area contributed by atoms with Gasteiger partial charge in [-0.1, -0.05) is 42.5 Å². The maximum atomic E-state index is 11.5. The van der Waals surface area contributed by atoms with E-state index in [2.05, 4.69) is 39.7 Å². The lowest BCUT2D eigenvalue weighted by atomic mass is 10.1. The molecule has 0 fully saturated rings. The zero-order valence-corrected chi connectivity index (χ0v) is 13.9. The van der Waals surface area contributed by atoms with Crippen LogP contribution in [0.2, 0.25) is 0 Å². The van der Waals surface area contributed by atoms with Crippen LogP contribution >= 0.6 is 0 Å². The van der Waals surface area contributed by atoms with Crippen molar-refractivity contribution in [1.82, 2.24) is 9.97 Å². The maximum Gasteiger partial charge on any atom is 0.228 e. The van der Waals surface area contributed by atoms with E-state index in [1.54, 1.807) is 12.4 Å². The summed E-state index contributed by atoms with van der Waals surface area (Å²) >= 11 is 0. The van der Waals surface area contributed by atoms with Gasteiger partial charge in [-0.25, -0.2) is 9.97 Å². The highest BCUT2D eigenvalue weighted by Crippen LogP contribution is 2.29. The smallest absolute Gasteiger partial charge is 0.228 e. The Morgan fingerprint density at radius 1 is 1.04 bits per heavy atom. The largest absolute Gasteiger partial charge is 0.348 e. The first-order valence-electron chi connectivity index (χ1n) is 8.26. The van der Waals surface area contributed by atoms with Crippen molar-refractivity contribution < 1.29 is 4.79 Å². The molecular formula is C20H18N4O. The Kier molecular flexibility index (Phi) is 3.90. The number of carbonyl (C=O) groups is 1. The molecule has 1 amide bonds. The molecule has 0 saturated heterocycles. The Morgan fingerprint density at radius 2 is 1.80 bits per heavy atom. The first kappa shape index (κ1) is 15.3. The number of nitrogens with one attached hydrogen (secondary N) is 2. The Bertz CT molecular complexity index is 907. The van der Waals surface area contributed by atoms with E-state index in [-0.39, 0.29) is 11.9 Å². The Morgan fingerprint density at radius 3 is 2.56 bits per heavy atom. The van der Waals surface area contributed by atoms with Crippen molar-refractivity contribution in [1.29, 1.82) is 0 Å². The summed E-state index contributed by atoms with van der Waals surface area (Å²) in [5, 5.41) is 6.18. The van der Waals surface area contributed by atoms with Gasteiger partial charge < -0.3 is 10.6 Å². The third-order valence-electron chi connectivity index (χ3n) is 4.37. The van der Waals surface area contributed by atoms with Gasteiger partial charge in [0, 0.05) is 23.6 Å².